The Kier molecular flexibility index (Phi) is 3.51. The van der Waals surface area contributed by atoms with Gasteiger partial charge in [0.2, 0.25) is 0 Å². The maximum Gasteiger partial charge on any atom is 0.338 e. The number of aryl methyl sites for hydroxylation is 1. The second kappa shape index (κ2) is 5.10. The average Bonchev–Trinajstić information content (AvgIpc) is 2.42. The van der Waals surface area contributed by atoms with Gasteiger partial charge in [0.15, 0.2) is 5.43 Å². The van der Waals surface area contributed by atoms with Gasteiger partial charge in [-0.2, -0.15) is 0 Å². The molecule has 0 N–H and O–H groups in total. The Bertz CT molecular complexity index is 713. The maximum atomic E-state index is 12.2. The van der Waals surface area contributed by atoms with Gasteiger partial charge in [0.25, 0.3) is 0 Å². The van der Waals surface area contributed by atoms with Crippen LogP contribution in [0.3, 0.4) is 0 Å². The summed E-state index contributed by atoms with van der Waals surface area (Å²) in [6, 6.07) is 4.98. The Morgan fingerprint density at radius 1 is 1.47 bits per heavy atom. The van der Waals surface area contributed by atoms with Gasteiger partial charge >= 0.3 is 5.97 Å². The van der Waals surface area contributed by atoms with E-state index in [4.69, 9.17) is 4.74 Å². The number of carbonyl (C=O) groups is 1. The van der Waals surface area contributed by atoms with Gasteiger partial charge in [0, 0.05) is 24.2 Å². The summed E-state index contributed by atoms with van der Waals surface area (Å²) in [6.45, 7) is 5.67. The lowest BCUT2D eigenvalue weighted by molar-refractivity contribution is 0.0526. The van der Waals surface area contributed by atoms with Crippen LogP contribution in [0.25, 0.3) is 17.0 Å². The molecule has 0 aliphatic heterocycles. The largest absolute Gasteiger partial charge is 0.462 e. The lowest BCUT2D eigenvalue weighted by Crippen LogP contribution is -2.12. The fourth-order valence-corrected chi connectivity index (χ4v) is 2.00. The van der Waals surface area contributed by atoms with Crippen LogP contribution >= 0.6 is 0 Å². The molecule has 2 aromatic rings. The van der Waals surface area contributed by atoms with Crippen LogP contribution in [-0.4, -0.2) is 17.1 Å². The molecular weight excluding hydrogens is 242 g/mol. The zero-order valence-electron chi connectivity index (χ0n) is 11.0. The second-order valence-electron chi connectivity index (χ2n) is 4.18. The molecule has 2 rings (SSSR count). The Balaban J connectivity index is 2.71. The number of fused-ring (bicyclic) bond motifs is 1. The van der Waals surface area contributed by atoms with Crippen molar-refractivity contribution in [3.8, 4) is 0 Å². The first-order valence-corrected chi connectivity index (χ1v) is 6.01. The van der Waals surface area contributed by atoms with Crippen molar-refractivity contribution < 1.29 is 9.53 Å². The van der Waals surface area contributed by atoms with Crippen molar-refractivity contribution in [2.45, 2.75) is 6.92 Å². The summed E-state index contributed by atoms with van der Waals surface area (Å²) >= 11 is 0. The molecule has 0 radical (unpaired) electrons. The molecule has 0 spiro atoms. The molecule has 0 fully saturated rings. The molecule has 0 aliphatic rings. The molecule has 0 aliphatic carbocycles. The SMILES string of the molecule is C=Cc1cn(C)c2ccc(C(=O)OCC)cc2c1=O. The zero-order valence-corrected chi connectivity index (χ0v) is 11.0. The molecule has 1 aromatic carbocycles. The van der Waals surface area contributed by atoms with Gasteiger partial charge in [-0.3, -0.25) is 4.79 Å². The molecule has 4 heteroatoms. The molecule has 1 heterocycles. The summed E-state index contributed by atoms with van der Waals surface area (Å²) in [5.41, 5.74) is 1.53. The molecule has 19 heavy (non-hydrogen) atoms. The highest BCUT2D eigenvalue weighted by atomic mass is 16.5. The summed E-state index contributed by atoms with van der Waals surface area (Å²) in [7, 11) is 1.85. The zero-order chi connectivity index (χ0) is 14.0. The molecule has 0 atom stereocenters. The Labute approximate surface area is 110 Å². The van der Waals surface area contributed by atoms with Crippen molar-refractivity contribution in [1.29, 1.82) is 0 Å². The van der Waals surface area contributed by atoms with Crippen LogP contribution < -0.4 is 5.43 Å². The topological polar surface area (TPSA) is 48.3 Å². The van der Waals surface area contributed by atoms with E-state index in [0.717, 1.165) is 5.52 Å². The highest BCUT2D eigenvalue weighted by molar-refractivity contribution is 5.94. The van der Waals surface area contributed by atoms with E-state index in [2.05, 4.69) is 6.58 Å². The Morgan fingerprint density at radius 2 is 2.21 bits per heavy atom. The van der Waals surface area contributed by atoms with Crippen LogP contribution in [0.4, 0.5) is 0 Å². The molecule has 0 saturated carbocycles. The summed E-state index contributed by atoms with van der Waals surface area (Å²) < 4.78 is 6.77. The molecule has 1 aromatic heterocycles. The first-order chi connectivity index (χ1) is 9.08. The van der Waals surface area contributed by atoms with Gasteiger partial charge in [-0.05, 0) is 25.1 Å². The predicted molar refractivity (Wildman–Crippen MR) is 75.2 cm³/mol. The van der Waals surface area contributed by atoms with Crippen molar-refractivity contribution in [1.82, 2.24) is 4.57 Å². The summed E-state index contributed by atoms with van der Waals surface area (Å²) in [5.74, 6) is -0.421. The number of pyridine rings is 1. The van der Waals surface area contributed by atoms with Gasteiger partial charge in [0.1, 0.15) is 0 Å². The van der Waals surface area contributed by atoms with Gasteiger partial charge in [0.05, 0.1) is 17.7 Å². The molecule has 0 saturated heterocycles. The van der Waals surface area contributed by atoms with Gasteiger partial charge in [-0.1, -0.05) is 12.7 Å². The van der Waals surface area contributed by atoms with Crippen molar-refractivity contribution in [3.05, 3.63) is 52.3 Å². The minimum atomic E-state index is -0.421. The van der Waals surface area contributed by atoms with E-state index in [9.17, 15) is 9.59 Å². The number of carbonyl (C=O) groups excluding carboxylic acids is 1. The third-order valence-corrected chi connectivity index (χ3v) is 2.95. The number of nitrogens with zero attached hydrogens (tertiary/aromatic N) is 1. The van der Waals surface area contributed by atoms with Crippen LogP contribution in [-0.2, 0) is 11.8 Å². The minimum absolute atomic E-state index is 0.130. The van der Waals surface area contributed by atoms with E-state index in [1.165, 1.54) is 6.08 Å². The van der Waals surface area contributed by atoms with E-state index in [1.54, 1.807) is 31.3 Å². The van der Waals surface area contributed by atoms with E-state index < -0.39 is 5.97 Å². The molecule has 4 nitrogen and oxygen atoms in total. The van der Waals surface area contributed by atoms with E-state index in [0.29, 0.717) is 23.1 Å². The van der Waals surface area contributed by atoms with Crippen molar-refractivity contribution in [2.75, 3.05) is 6.61 Å². The average molecular weight is 257 g/mol. The second-order valence-corrected chi connectivity index (χ2v) is 4.18. The number of rotatable bonds is 3. The summed E-state index contributed by atoms with van der Waals surface area (Å²) in [5, 5.41) is 0.491. The number of esters is 1. The fourth-order valence-electron chi connectivity index (χ4n) is 2.00. The summed E-state index contributed by atoms with van der Waals surface area (Å²) in [4.78, 5) is 23.9. The first-order valence-electron chi connectivity index (χ1n) is 6.01. The van der Waals surface area contributed by atoms with Crippen molar-refractivity contribution >= 4 is 22.9 Å². The van der Waals surface area contributed by atoms with Gasteiger partial charge in [-0.25, -0.2) is 4.79 Å². The van der Waals surface area contributed by atoms with Crippen LogP contribution in [0, 0.1) is 0 Å². The van der Waals surface area contributed by atoms with Crippen LogP contribution in [0.15, 0.2) is 35.8 Å². The number of benzene rings is 1. The first kappa shape index (κ1) is 13.1. The smallest absolute Gasteiger partial charge is 0.338 e. The standard InChI is InChI=1S/C15H15NO3/c1-4-10-9-16(3)13-7-6-11(15(18)19-5-2)8-12(13)14(10)17/h4,6-9H,1,5H2,2-3H3. The predicted octanol–water partition coefficient (Wildman–Crippen LogP) is 2.36. The Hall–Kier alpha value is -2.36. The molecule has 98 valence electrons. The third-order valence-electron chi connectivity index (χ3n) is 2.95. The van der Waals surface area contributed by atoms with Crippen LogP contribution in [0.1, 0.15) is 22.8 Å². The van der Waals surface area contributed by atoms with Crippen molar-refractivity contribution in [3.63, 3.8) is 0 Å². The molecule has 0 amide bonds. The van der Waals surface area contributed by atoms with Crippen molar-refractivity contribution in [2.24, 2.45) is 7.05 Å². The number of hydrogen-bond acceptors (Lipinski definition) is 3. The monoisotopic (exact) mass is 257 g/mol. The normalized spacial score (nSPS) is 10.4. The maximum absolute atomic E-state index is 12.2. The number of ether oxygens (including phenoxy) is 1. The fraction of sp³-hybridized carbons (Fsp3) is 0.200. The van der Waals surface area contributed by atoms with Gasteiger partial charge in [-0.15, -0.1) is 0 Å². The van der Waals surface area contributed by atoms with E-state index in [-0.39, 0.29) is 5.43 Å². The quantitative estimate of drug-likeness (QED) is 0.793. The van der Waals surface area contributed by atoms with E-state index >= 15 is 0 Å². The summed E-state index contributed by atoms with van der Waals surface area (Å²) in [6.07, 6.45) is 3.24. The third kappa shape index (κ3) is 2.29. The minimum Gasteiger partial charge on any atom is -0.462 e. The molecule has 0 bridgehead atoms. The highest BCUT2D eigenvalue weighted by Crippen LogP contribution is 2.14. The lowest BCUT2D eigenvalue weighted by Gasteiger charge is -2.08. The highest BCUT2D eigenvalue weighted by Gasteiger charge is 2.11. The molecular formula is C15H15NO3. The molecule has 0 unspecified atom stereocenters. The van der Waals surface area contributed by atoms with Crippen LogP contribution in [0.2, 0.25) is 0 Å². The number of hydrogen-bond donors (Lipinski definition) is 0. The number of aromatic nitrogens is 1. The Morgan fingerprint density at radius 3 is 2.84 bits per heavy atom. The van der Waals surface area contributed by atoms with Crippen LogP contribution in [0.5, 0.6) is 0 Å². The lowest BCUT2D eigenvalue weighted by atomic mass is 10.1. The van der Waals surface area contributed by atoms with Gasteiger partial charge < -0.3 is 9.30 Å². The van der Waals surface area contributed by atoms with E-state index in [1.807, 2.05) is 11.6 Å².